The largest absolute Gasteiger partial charge is 0.388 e. The highest BCUT2D eigenvalue weighted by atomic mass is 19.1. The van der Waals surface area contributed by atoms with E-state index in [2.05, 4.69) is 20.6 Å². The molecule has 0 aliphatic rings. The van der Waals surface area contributed by atoms with Crippen molar-refractivity contribution in [2.45, 2.75) is 39.3 Å². The first-order valence-electron chi connectivity index (χ1n) is 9.89. The van der Waals surface area contributed by atoms with Gasteiger partial charge in [-0.15, -0.1) is 0 Å². The van der Waals surface area contributed by atoms with Gasteiger partial charge in [0.15, 0.2) is 0 Å². The van der Waals surface area contributed by atoms with Crippen molar-refractivity contribution >= 4 is 29.2 Å². The van der Waals surface area contributed by atoms with Crippen molar-refractivity contribution in [1.82, 2.24) is 9.97 Å². The van der Waals surface area contributed by atoms with E-state index in [0.717, 1.165) is 5.56 Å². The van der Waals surface area contributed by atoms with Gasteiger partial charge < -0.3 is 15.7 Å². The predicted octanol–water partition coefficient (Wildman–Crippen LogP) is 4.87. The smallest absolute Gasteiger partial charge is 0.332 e. The van der Waals surface area contributed by atoms with Crippen LogP contribution in [0.25, 0.3) is 0 Å². The summed E-state index contributed by atoms with van der Waals surface area (Å²) in [6.45, 7) is 7.11. The number of nitrogens with zero attached hydrogens (tertiary/aromatic N) is 3. The zero-order chi connectivity index (χ0) is 22.6. The molecule has 0 fully saturated rings. The molecule has 0 radical (unpaired) electrons. The zero-order valence-electron chi connectivity index (χ0n) is 17.9. The van der Waals surface area contributed by atoms with Crippen LogP contribution in [0.1, 0.15) is 26.3 Å². The lowest BCUT2D eigenvalue weighted by molar-refractivity contribution is 0.0646. The summed E-state index contributed by atoms with van der Waals surface area (Å²) in [5.74, 6) is 0.130. The van der Waals surface area contributed by atoms with Crippen molar-refractivity contribution in [2.24, 2.45) is 0 Å². The van der Waals surface area contributed by atoms with Gasteiger partial charge in [0, 0.05) is 18.0 Å². The number of amides is 2. The first-order chi connectivity index (χ1) is 14.6. The lowest BCUT2D eigenvalue weighted by Crippen LogP contribution is -2.40. The minimum Gasteiger partial charge on any atom is -0.388 e. The normalized spacial score (nSPS) is 12.2. The first-order valence-corrected chi connectivity index (χ1v) is 9.89. The SMILES string of the molecule is Cc1ccc(NC(=O)N(c2ccc(F)cc2)c2ccnc(N[C@@H](C)C(C)(C)O)n2)cc1. The molecular weight excluding hydrogens is 397 g/mol. The Balaban J connectivity index is 1.94. The monoisotopic (exact) mass is 423 g/mol. The average molecular weight is 423 g/mol. The van der Waals surface area contributed by atoms with Gasteiger partial charge in [-0.3, -0.25) is 0 Å². The summed E-state index contributed by atoms with van der Waals surface area (Å²) in [6, 6.07) is 13.7. The van der Waals surface area contributed by atoms with E-state index in [9.17, 15) is 14.3 Å². The Bertz CT molecular complexity index is 1030. The summed E-state index contributed by atoms with van der Waals surface area (Å²) in [7, 11) is 0. The molecule has 2 amide bonds. The van der Waals surface area contributed by atoms with Crippen molar-refractivity contribution in [1.29, 1.82) is 0 Å². The summed E-state index contributed by atoms with van der Waals surface area (Å²) < 4.78 is 13.5. The van der Waals surface area contributed by atoms with Crippen LogP contribution in [0.2, 0.25) is 0 Å². The Morgan fingerprint density at radius 2 is 1.74 bits per heavy atom. The maximum absolute atomic E-state index is 13.5. The second-order valence-corrected chi connectivity index (χ2v) is 7.87. The van der Waals surface area contributed by atoms with E-state index in [-0.39, 0.29) is 17.8 Å². The molecule has 0 unspecified atom stereocenters. The number of anilines is 4. The van der Waals surface area contributed by atoms with Gasteiger partial charge in [-0.2, -0.15) is 4.98 Å². The Morgan fingerprint density at radius 1 is 1.10 bits per heavy atom. The number of urea groups is 1. The molecule has 2 aromatic carbocycles. The number of carbonyl (C=O) groups excluding carboxylic acids is 1. The highest BCUT2D eigenvalue weighted by Crippen LogP contribution is 2.26. The number of hydrogen-bond donors (Lipinski definition) is 3. The van der Waals surface area contributed by atoms with Crippen LogP contribution in [-0.2, 0) is 0 Å². The van der Waals surface area contributed by atoms with E-state index in [1.807, 2.05) is 19.1 Å². The highest BCUT2D eigenvalue weighted by Gasteiger charge is 2.24. The number of aromatic nitrogens is 2. The summed E-state index contributed by atoms with van der Waals surface area (Å²) >= 11 is 0. The third kappa shape index (κ3) is 5.76. The molecule has 3 aromatic rings. The van der Waals surface area contributed by atoms with Crippen molar-refractivity contribution in [3.05, 3.63) is 72.2 Å². The Hall–Kier alpha value is -3.52. The molecule has 0 aliphatic carbocycles. The highest BCUT2D eigenvalue weighted by molar-refractivity contribution is 6.06. The fraction of sp³-hybridized carbons (Fsp3) is 0.261. The first kappa shape index (κ1) is 22.2. The van der Waals surface area contributed by atoms with Gasteiger partial charge in [-0.1, -0.05) is 17.7 Å². The van der Waals surface area contributed by atoms with Crippen molar-refractivity contribution in [2.75, 3.05) is 15.5 Å². The van der Waals surface area contributed by atoms with Crippen LogP contribution in [-0.4, -0.2) is 32.7 Å². The third-order valence-electron chi connectivity index (χ3n) is 4.87. The molecular formula is C23H26FN5O2. The minimum atomic E-state index is -1.00. The number of nitrogens with one attached hydrogen (secondary N) is 2. The third-order valence-corrected chi connectivity index (χ3v) is 4.87. The standard InChI is InChI=1S/C23H26FN5O2/c1-15-5-9-18(10-6-15)27-22(30)29(19-11-7-17(24)8-12-19)20-13-14-25-21(28-20)26-16(2)23(3,4)31/h5-14,16,31H,1-4H3,(H,27,30)(H,25,26,28)/t16-/m0/s1. The van der Waals surface area contributed by atoms with Gasteiger partial charge in [-0.25, -0.2) is 19.1 Å². The van der Waals surface area contributed by atoms with Crippen LogP contribution in [0, 0.1) is 12.7 Å². The van der Waals surface area contributed by atoms with Crippen LogP contribution in [0.4, 0.5) is 32.3 Å². The maximum atomic E-state index is 13.5. The van der Waals surface area contributed by atoms with Crippen LogP contribution < -0.4 is 15.5 Å². The molecule has 0 saturated carbocycles. The molecule has 8 heteroatoms. The Labute approximate surface area is 181 Å². The van der Waals surface area contributed by atoms with E-state index in [4.69, 9.17) is 0 Å². The van der Waals surface area contributed by atoms with Crippen LogP contribution in [0.5, 0.6) is 0 Å². The molecule has 1 heterocycles. The summed E-state index contributed by atoms with van der Waals surface area (Å²) in [5, 5.41) is 16.1. The number of halogens is 1. The number of carbonyl (C=O) groups is 1. The number of benzene rings is 2. The van der Waals surface area contributed by atoms with Crippen molar-refractivity contribution < 1.29 is 14.3 Å². The van der Waals surface area contributed by atoms with E-state index in [1.165, 1.54) is 35.4 Å². The molecule has 3 N–H and O–H groups in total. The molecule has 162 valence electrons. The van der Waals surface area contributed by atoms with Gasteiger partial charge >= 0.3 is 6.03 Å². The van der Waals surface area contributed by atoms with Gasteiger partial charge in [0.05, 0.1) is 17.3 Å². The molecule has 0 bridgehead atoms. The summed E-state index contributed by atoms with van der Waals surface area (Å²) in [6.07, 6.45) is 1.51. The van der Waals surface area contributed by atoms with Crippen molar-refractivity contribution in [3.8, 4) is 0 Å². The lowest BCUT2D eigenvalue weighted by Gasteiger charge is -2.27. The second kappa shape index (κ2) is 9.09. The minimum absolute atomic E-state index is 0.252. The van der Waals surface area contributed by atoms with E-state index in [1.54, 1.807) is 39.0 Å². The fourth-order valence-corrected chi connectivity index (χ4v) is 2.67. The van der Waals surface area contributed by atoms with E-state index >= 15 is 0 Å². The number of rotatable bonds is 6. The van der Waals surface area contributed by atoms with E-state index in [0.29, 0.717) is 11.4 Å². The summed E-state index contributed by atoms with van der Waals surface area (Å²) in [5.41, 5.74) is 1.12. The predicted molar refractivity (Wildman–Crippen MR) is 120 cm³/mol. The Morgan fingerprint density at radius 3 is 2.35 bits per heavy atom. The molecule has 3 rings (SSSR count). The zero-order valence-corrected chi connectivity index (χ0v) is 17.9. The molecule has 0 aliphatic heterocycles. The van der Waals surface area contributed by atoms with Crippen LogP contribution in [0.15, 0.2) is 60.8 Å². The topological polar surface area (TPSA) is 90.4 Å². The van der Waals surface area contributed by atoms with Crippen molar-refractivity contribution in [3.63, 3.8) is 0 Å². The fourth-order valence-electron chi connectivity index (χ4n) is 2.67. The number of hydrogen-bond acceptors (Lipinski definition) is 5. The maximum Gasteiger partial charge on any atom is 0.332 e. The van der Waals surface area contributed by atoms with Gasteiger partial charge in [-0.05, 0) is 64.1 Å². The Kier molecular flexibility index (Phi) is 6.50. The second-order valence-electron chi connectivity index (χ2n) is 7.87. The van der Waals surface area contributed by atoms with E-state index < -0.39 is 17.4 Å². The lowest BCUT2D eigenvalue weighted by atomic mass is 10.0. The molecule has 7 nitrogen and oxygen atoms in total. The van der Waals surface area contributed by atoms with Gasteiger partial charge in [0.1, 0.15) is 11.6 Å². The molecule has 1 atom stereocenters. The van der Waals surface area contributed by atoms with Gasteiger partial charge in [0.2, 0.25) is 5.95 Å². The molecule has 1 aromatic heterocycles. The molecule has 31 heavy (non-hydrogen) atoms. The summed E-state index contributed by atoms with van der Waals surface area (Å²) in [4.78, 5) is 23.1. The molecule has 0 saturated heterocycles. The average Bonchev–Trinajstić information content (AvgIpc) is 2.71. The van der Waals surface area contributed by atoms with Crippen LogP contribution in [0.3, 0.4) is 0 Å². The number of aliphatic hydroxyl groups is 1. The van der Waals surface area contributed by atoms with Gasteiger partial charge in [0.25, 0.3) is 0 Å². The van der Waals surface area contributed by atoms with Crippen LogP contribution >= 0.6 is 0 Å². The number of aryl methyl sites for hydroxylation is 1. The quantitative estimate of drug-likeness (QED) is 0.526. The molecule has 0 spiro atoms.